The Morgan fingerprint density at radius 1 is 0.287 bits per heavy atom. The number of aryl methyl sites for hydroxylation is 8. The lowest BCUT2D eigenvalue weighted by Crippen LogP contribution is -2.60. The zero-order valence-electron chi connectivity index (χ0n) is 46.4. The molecule has 0 unspecified atom stereocenters. The SMILES string of the molecule is Cc1ccc(SC2(Sc3ccc(C)cc3)CC(OC(=O)OC3CC(Sc4ccc(C)cc4)(Sc4ccc(C)cc4)NC(Sc4ccc(C)cc4)(Sc4ccc(C)cc4)C3)CC(Sc3ccc(C)cc3)(Sc3ccc(C)cc3)N2)cc1. The van der Waals surface area contributed by atoms with Crippen LogP contribution in [0.15, 0.2) is 233 Å². The van der Waals surface area contributed by atoms with E-state index in [1.54, 1.807) is 94.1 Å². The van der Waals surface area contributed by atoms with E-state index in [2.05, 4.69) is 260 Å². The number of piperidine rings is 2. The molecule has 2 aliphatic rings. The van der Waals surface area contributed by atoms with Crippen LogP contribution in [0.25, 0.3) is 0 Å². The van der Waals surface area contributed by atoms with Gasteiger partial charge in [-0.15, -0.1) is 0 Å². The maximum Gasteiger partial charge on any atom is 0.508 e. The van der Waals surface area contributed by atoms with E-state index >= 15 is 4.79 Å². The van der Waals surface area contributed by atoms with E-state index < -0.39 is 35.2 Å². The normalized spacial score (nSPS) is 16.7. The minimum absolute atomic E-state index is 0.503. The Balaban J connectivity index is 1.06. The van der Waals surface area contributed by atoms with Crippen molar-refractivity contribution in [3.63, 3.8) is 0 Å². The summed E-state index contributed by atoms with van der Waals surface area (Å²) in [5, 5.41) is 8.69. The van der Waals surface area contributed by atoms with E-state index in [0.29, 0.717) is 25.7 Å². The molecule has 0 aromatic heterocycles. The third-order valence-corrected chi connectivity index (χ3v) is 24.6. The van der Waals surface area contributed by atoms with Crippen molar-refractivity contribution in [1.82, 2.24) is 10.6 Å². The van der Waals surface area contributed by atoms with Crippen LogP contribution in [0.5, 0.6) is 0 Å². The smallest absolute Gasteiger partial charge is 0.431 e. The van der Waals surface area contributed by atoms with Gasteiger partial charge in [0.05, 0.1) is 0 Å². The summed E-state index contributed by atoms with van der Waals surface area (Å²) in [7, 11) is 0. The van der Waals surface area contributed by atoms with E-state index in [1.807, 2.05) is 0 Å². The molecule has 8 aromatic rings. The van der Waals surface area contributed by atoms with Gasteiger partial charge in [-0.3, -0.25) is 10.6 Å². The molecule has 80 heavy (non-hydrogen) atoms. The second kappa shape index (κ2) is 26.1. The average molecular weight is 1210 g/mol. The van der Waals surface area contributed by atoms with Gasteiger partial charge in [0.25, 0.3) is 0 Å². The van der Waals surface area contributed by atoms with Crippen LogP contribution in [0.4, 0.5) is 4.79 Å². The van der Waals surface area contributed by atoms with Crippen molar-refractivity contribution in [2.75, 3.05) is 0 Å². The van der Waals surface area contributed by atoms with Gasteiger partial charge in [-0.25, -0.2) is 4.79 Å². The molecule has 2 aliphatic heterocycles. The molecule has 0 radical (unpaired) electrons. The summed E-state index contributed by atoms with van der Waals surface area (Å²) in [4.78, 5) is 24.4. The fourth-order valence-electron chi connectivity index (χ4n) is 9.59. The zero-order chi connectivity index (χ0) is 55.9. The molecule has 2 fully saturated rings. The Hall–Kier alpha value is -4.25. The predicted octanol–water partition coefficient (Wildman–Crippen LogP) is 20.1. The molecule has 2 N–H and O–H groups in total. The molecule has 13 heteroatoms. The minimum Gasteiger partial charge on any atom is -0.431 e. The van der Waals surface area contributed by atoms with E-state index in [4.69, 9.17) is 9.47 Å². The van der Waals surface area contributed by atoms with Crippen molar-refractivity contribution in [2.24, 2.45) is 0 Å². The second-order valence-electron chi connectivity index (χ2n) is 21.1. The number of ether oxygens (including phenoxy) is 2. The van der Waals surface area contributed by atoms with Crippen LogP contribution < -0.4 is 10.6 Å². The monoisotopic (exact) mass is 1200 g/mol. The largest absolute Gasteiger partial charge is 0.508 e. The molecule has 0 saturated carbocycles. The van der Waals surface area contributed by atoms with Crippen LogP contribution in [0, 0.1) is 55.4 Å². The first-order valence-corrected chi connectivity index (χ1v) is 33.5. The fraction of sp³-hybridized carbons (Fsp3) is 0.269. The molecule has 5 nitrogen and oxygen atoms in total. The van der Waals surface area contributed by atoms with Crippen LogP contribution >= 0.6 is 94.1 Å². The molecule has 0 spiro atoms. The second-order valence-corrected chi connectivity index (χ2v) is 33.1. The Labute approximate surface area is 508 Å². The number of benzene rings is 8. The van der Waals surface area contributed by atoms with Gasteiger partial charge in [0, 0.05) is 64.8 Å². The number of carbonyl (C=O) groups is 1. The molecular weight excluding hydrogens is 1140 g/mol. The maximum absolute atomic E-state index is 15.5. The van der Waals surface area contributed by atoms with E-state index in [9.17, 15) is 0 Å². The van der Waals surface area contributed by atoms with Gasteiger partial charge in [-0.2, -0.15) is 0 Å². The van der Waals surface area contributed by atoms with Gasteiger partial charge in [-0.1, -0.05) is 236 Å². The first kappa shape index (κ1) is 58.9. The highest BCUT2D eigenvalue weighted by atomic mass is 32.2. The number of nitrogens with one attached hydrogen (secondary N) is 2. The molecular formula is C67H68N2O3S8. The molecule has 2 heterocycles. The summed E-state index contributed by atoms with van der Waals surface area (Å²) in [6.07, 6.45) is 0.245. The van der Waals surface area contributed by atoms with Crippen LogP contribution in [0.3, 0.4) is 0 Å². The van der Waals surface area contributed by atoms with Crippen molar-refractivity contribution >= 4 is 100 Å². The summed E-state index contributed by atoms with van der Waals surface area (Å²) in [6.45, 7) is 17.0. The van der Waals surface area contributed by atoms with Crippen molar-refractivity contribution < 1.29 is 14.3 Å². The third kappa shape index (κ3) is 16.1. The van der Waals surface area contributed by atoms with Gasteiger partial charge < -0.3 is 9.47 Å². The zero-order valence-corrected chi connectivity index (χ0v) is 53.0. The number of hydrogen-bond donors (Lipinski definition) is 2. The standard InChI is InChI=1S/C67H68N2O3S8/c1-45-9-25-55(26-10-45)73-64(74-56-27-11-46(2)12-28-56)41-53(42-65(68-64,75-57-29-13-47(3)14-30-57)76-58-31-15-48(4)16-32-58)71-63(70)72-54-43-66(77-59-33-17-49(5)18-34-59,78-60-35-19-50(6)20-36-60)69-67(44-54,79-61-37-21-51(7)22-38-61)80-62-39-23-52(8)24-40-62/h9-40,53-54,68-69H,41-44H2,1-8H3. The molecule has 0 amide bonds. The lowest BCUT2D eigenvalue weighted by atomic mass is 10.1. The fourth-order valence-corrected chi connectivity index (χ4v) is 22.3. The Bertz CT molecular complexity index is 2700. The van der Waals surface area contributed by atoms with Crippen molar-refractivity contribution in [3.05, 3.63) is 239 Å². The highest BCUT2D eigenvalue weighted by molar-refractivity contribution is 8.20. The summed E-state index contributed by atoms with van der Waals surface area (Å²) in [5.41, 5.74) is 9.59. The quantitative estimate of drug-likeness (QED) is 0.0634. The lowest BCUT2D eigenvalue weighted by Gasteiger charge is -2.51. The van der Waals surface area contributed by atoms with E-state index in [1.165, 1.54) is 44.5 Å². The highest BCUT2D eigenvalue weighted by Gasteiger charge is 2.55. The molecule has 10 rings (SSSR count). The van der Waals surface area contributed by atoms with Gasteiger partial charge >= 0.3 is 6.16 Å². The summed E-state index contributed by atoms with van der Waals surface area (Å²) in [5.74, 6) is 0. The molecule has 2 saturated heterocycles. The summed E-state index contributed by atoms with van der Waals surface area (Å²) < 4.78 is 11.1. The Kier molecular flexibility index (Phi) is 19.2. The van der Waals surface area contributed by atoms with Gasteiger partial charge in [-0.05, 0) is 152 Å². The molecule has 0 atom stereocenters. The first-order valence-electron chi connectivity index (χ1n) is 27.0. The average Bonchev–Trinajstić information content (AvgIpc) is 3.52. The third-order valence-electron chi connectivity index (χ3n) is 13.7. The van der Waals surface area contributed by atoms with E-state index in [-0.39, 0.29) is 0 Å². The van der Waals surface area contributed by atoms with Crippen LogP contribution in [0.2, 0.25) is 0 Å². The molecule has 8 aromatic carbocycles. The van der Waals surface area contributed by atoms with Gasteiger partial charge in [0.2, 0.25) is 0 Å². The van der Waals surface area contributed by atoms with Crippen molar-refractivity contribution in [1.29, 1.82) is 0 Å². The van der Waals surface area contributed by atoms with Crippen molar-refractivity contribution in [3.8, 4) is 0 Å². The Morgan fingerprint density at radius 3 is 0.562 bits per heavy atom. The number of thioether (sulfide) groups is 8. The number of rotatable bonds is 18. The highest BCUT2D eigenvalue weighted by Crippen LogP contribution is 2.60. The topological polar surface area (TPSA) is 59.6 Å². The van der Waals surface area contributed by atoms with Gasteiger partial charge in [0.15, 0.2) is 0 Å². The maximum atomic E-state index is 15.5. The minimum atomic E-state index is -0.715. The van der Waals surface area contributed by atoms with Crippen LogP contribution in [-0.4, -0.2) is 35.2 Å². The predicted molar refractivity (Wildman–Crippen MR) is 347 cm³/mol. The van der Waals surface area contributed by atoms with Crippen LogP contribution in [0.1, 0.15) is 70.2 Å². The number of hydrogen-bond acceptors (Lipinski definition) is 13. The molecule has 0 aliphatic carbocycles. The first-order chi connectivity index (χ1) is 38.4. The molecule has 0 bridgehead atoms. The summed E-state index contributed by atoms with van der Waals surface area (Å²) in [6, 6.07) is 70.2. The Morgan fingerprint density at radius 2 is 0.425 bits per heavy atom. The van der Waals surface area contributed by atoms with Crippen molar-refractivity contribution in [2.45, 2.75) is 149 Å². The number of carbonyl (C=O) groups excluding carboxylic acids is 1. The van der Waals surface area contributed by atoms with Crippen LogP contribution in [-0.2, 0) is 9.47 Å². The molecule has 412 valence electrons. The van der Waals surface area contributed by atoms with Gasteiger partial charge in [0.1, 0.15) is 29.0 Å². The summed E-state index contributed by atoms with van der Waals surface area (Å²) >= 11 is 14.4. The van der Waals surface area contributed by atoms with E-state index in [0.717, 1.165) is 39.2 Å². The lowest BCUT2D eigenvalue weighted by molar-refractivity contribution is -0.0241.